The normalized spacial score (nSPS) is 29.0. The van der Waals surface area contributed by atoms with Crippen LogP contribution in [0.5, 0.6) is 0 Å². The highest BCUT2D eigenvalue weighted by atomic mass is 32.2. The van der Waals surface area contributed by atoms with Crippen LogP contribution in [0.4, 0.5) is 0 Å². The molecule has 27 heavy (non-hydrogen) atoms. The van der Waals surface area contributed by atoms with Gasteiger partial charge in [0.25, 0.3) is 0 Å². The molecule has 3 heterocycles. The molecular weight excluding hydrogens is 366 g/mol. The van der Waals surface area contributed by atoms with Crippen molar-refractivity contribution in [2.45, 2.75) is 43.9 Å². The molecule has 144 valence electrons. The van der Waals surface area contributed by atoms with E-state index in [1.807, 2.05) is 0 Å². The summed E-state index contributed by atoms with van der Waals surface area (Å²) in [5.74, 6) is 1.81. The van der Waals surface area contributed by atoms with Crippen LogP contribution < -0.4 is 0 Å². The number of aromatic nitrogens is 4. The molecule has 0 bridgehead atoms. The van der Waals surface area contributed by atoms with Gasteiger partial charge < -0.3 is 4.52 Å². The van der Waals surface area contributed by atoms with Crippen molar-refractivity contribution in [2.24, 2.45) is 11.8 Å². The molecule has 1 aliphatic heterocycles. The summed E-state index contributed by atoms with van der Waals surface area (Å²) in [5.41, 5.74) is 0.200. The molecule has 0 spiro atoms. The standard InChI is InChI=1S/C18H23N5O3S/c24-27(25,11-13-3-1-4-13)23-10-14-5-2-6-18(14,12-23)17-21-16(22-26-17)15-9-19-7-8-20-15/h7-9,13-14H,1-6,10-12H2/t14-,18-/m1/s1. The summed E-state index contributed by atoms with van der Waals surface area (Å²) in [6.07, 6.45) is 10.9. The number of fused-ring (bicyclic) bond motifs is 1. The summed E-state index contributed by atoms with van der Waals surface area (Å²) in [4.78, 5) is 12.9. The maximum Gasteiger partial charge on any atom is 0.234 e. The maximum atomic E-state index is 12.9. The fraction of sp³-hybridized carbons (Fsp3) is 0.667. The Bertz CT molecular complexity index is 927. The summed E-state index contributed by atoms with van der Waals surface area (Å²) in [7, 11) is -3.23. The van der Waals surface area contributed by atoms with Crippen molar-refractivity contribution in [1.82, 2.24) is 24.4 Å². The van der Waals surface area contributed by atoms with Gasteiger partial charge in [0, 0.05) is 25.5 Å². The molecule has 5 rings (SSSR count). The number of sulfonamides is 1. The van der Waals surface area contributed by atoms with Crippen LogP contribution in [0.15, 0.2) is 23.1 Å². The van der Waals surface area contributed by atoms with Gasteiger partial charge in [-0.2, -0.15) is 4.98 Å². The molecule has 2 saturated carbocycles. The minimum absolute atomic E-state index is 0.240. The molecule has 2 aliphatic carbocycles. The van der Waals surface area contributed by atoms with Crippen LogP contribution in [0.3, 0.4) is 0 Å². The highest BCUT2D eigenvalue weighted by molar-refractivity contribution is 7.89. The van der Waals surface area contributed by atoms with E-state index in [2.05, 4.69) is 20.1 Å². The van der Waals surface area contributed by atoms with Gasteiger partial charge in [0.05, 0.1) is 17.4 Å². The molecule has 0 aromatic carbocycles. The predicted octanol–water partition coefficient (Wildman–Crippen LogP) is 2.01. The molecule has 0 amide bonds. The lowest BCUT2D eigenvalue weighted by Crippen LogP contribution is -2.38. The number of rotatable bonds is 5. The molecular formula is C18H23N5O3S. The third-order valence-corrected chi connectivity index (χ3v) is 8.51. The lowest BCUT2D eigenvalue weighted by Gasteiger charge is -2.28. The molecule has 2 aromatic heterocycles. The van der Waals surface area contributed by atoms with Crippen molar-refractivity contribution >= 4 is 10.0 Å². The molecule has 2 atom stereocenters. The van der Waals surface area contributed by atoms with E-state index in [9.17, 15) is 8.42 Å². The van der Waals surface area contributed by atoms with E-state index in [0.717, 1.165) is 38.5 Å². The second kappa shape index (κ2) is 6.34. The first-order valence-electron chi connectivity index (χ1n) is 9.65. The Hall–Kier alpha value is -1.87. The van der Waals surface area contributed by atoms with Crippen LogP contribution in [0.1, 0.15) is 44.4 Å². The molecule has 9 heteroatoms. The molecule has 0 N–H and O–H groups in total. The quantitative estimate of drug-likeness (QED) is 0.771. The van der Waals surface area contributed by atoms with E-state index >= 15 is 0 Å². The van der Waals surface area contributed by atoms with E-state index in [0.29, 0.717) is 36.4 Å². The minimum Gasteiger partial charge on any atom is -0.338 e. The number of hydrogen-bond acceptors (Lipinski definition) is 7. The fourth-order valence-electron chi connectivity index (χ4n) is 4.81. The van der Waals surface area contributed by atoms with Gasteiger partial charge in [0.2, 0.25) is 21.7 Å². The van der Waals surface area contributed by atoms with Gasteiger partial charge in [-0.25, -0.2) is 17.7 Å². The van der Waals surface area contributed by atoms with Gasteiger partial charge in [0.15, 0.2) is 0 Å². The van der Waals surface area contributed by atoms with Crippen LogP contribution >= 0.6 is 0 Å². The van der Waals surface area contributed by atoms with Gasteiger partial charge in [-0.05, 0) is 37.5 Å². The first-order chi connectivity index (χ1) is 13.1. The zero-order chi connectivity index (χ0) is 18.5. The average molecular weight is 389 g/mol. The highest BCUT2D eigenvalue weighted by Gasteiger charge is 2.56. The van der Waals surface area contributed by atoms with Gasteiger partial charge in [0.1, 0.15) is 5.69 Å². The van der Waals surface area contributed by atoms with Crippen LogP contribution in [0.2, 0.25) is 0 Å². The fourth-order valence-corrected chi connectivity index (χ4v) is 6.79. The van der Waals surface area contributed by atoms with Crippen LogP contribution in [0.25, 0.3) is 11.5 Å². The van der Waals surface area contributed by atoms with Crippen molar-refractivity contribution in [3.05, 3.63) is 24.5 Å². The van der Waals surface area contributed by atoms with Crippen LogP contribution in [-0.2, 0) is 15.4 Å². The van der Waals surface area contributed by atoms with Crippen LogP contribution in [-0.4, -0.2) is 51.7 Å². The Balaban J connectivity index is 1.42. The van der Waals surface area contributed by atoms with Gasteiger partial charge in [-0.1, -0.05) is 18.0 Å². The number of nitrogens with zero attached hydrogens (tertiary/aromatic N) is 5. The zero-order valence-corrected chi connectivity index (χ0v) is 15.9. The average Bonchev–Trinajstić information content (AvgIpc) is 3.32. The van der Waals surface area contributed by atoms with Crippen molar-refractivity contribution in [1.29, 1.82) is 0 Å². The molecule has 1 saturated heterocycles. The summed E-state index contributed by atoms with van der Waals surface area (Å²) in [6, 6.07) is 0. The Morgan fingerprint density at radius 2 is 2.11 bits per heavy atom. The van der Waals surface area contributed by atoms with E-state index in [4.69, 9.17) is 4.52 Å². The van der Waals surface area contributed by atoms with Crippen LogP contribution in [0, 0.1) is 11.8 Å². The summed E-state index contributed by atoms with van der Waals surface area (Å²) < 4.78 is 33.1. The van der Waals surface area contributed by atoms with E-state index < -0.39 is 10.0 Å². The van der Waals surface area contributed by atoms with Gasteiger partial charge >= 0.3 is 0 Å². The van der Waals surface area contributed by atoms with Gasteiger partial charge in [-0.15, -0.1) is 0 Å². The lowest BCUT2D eigenvalue weighted by molar-refractivity contribution is 0.261. The zero-order valence-electron chi connectivity index (χ0n) is 15.1. The topological polar surface area (TPSA) is 102 Å². The van der Waals surface area contributed by atoms with Crippen molar-refractivity contribution < 1.29 is 12.9 Å². The highest BCUT2D eigenvalue weighted by Crippen LogP contribution is 2.51. The molecule has 3 aliphatic rings. The Kier molecular flexibility index (Phi) is 4.05. The van der Waals surface area contributed by atoms with Crippen molar-refractivity contribution in [2.75, 3.05) is 18.8 Å². The predicted molar refractivity (Wildman–Crippen MR) is 97.0 cm³/mol. The van der Waals surface area contributed by atoms with E-state index in [-0.39, 0.29) is 17.1 Å². The summed E-state index contributed by atoms with van der Waals surface area (Å²) in [5, 5.41) is 4.09. The second-order valence-electron chi connectivity index (χ2n) is 8.13. The summed E-state index contributed by atoms with van der Waals surface area (Å²) >= 11 is 0. The smallest absolute Gasteiger partial charge is 0.234 e. The van der Waals surface area contributed by atoms with Crippen molar-refractivity contribution in [3.8, 4) is 11.5 Å². The largest absolute Gasteiger partial charge is 0.338 e. The first kappa shape index (κ1) is 17.2. The Morgan fingerprint density at radius 3 is 2.85 bits per heavy atom. The first-order valence-corrected chi connectivity index (χ1v) is 11.3. The van der Waals surface area contributed by atoms with Crippen molar-refractivity contribution in [3.63, 3.8) is 0 Å². The monoisotopic (exact) mass is 389 g/mol. The molecule has 0 unspecified atom stereocenters. The third kappa shape index (κ3) is 2.87. The lowest BCUT2D eigenvalue weighted by atomic mass is 9.80. The van der Waals surface area contributed by atoms with Gasteiger partial charge in [-0.3, -0.25) is 4.98 Å². The molecule has 3 fully saturated rings. The number of hydrogen-bond donors (Lipinski definition) is 0. The second-order valence-corrected chi connectivity index (χ2v) is 10.1. The van der Waals surface area contributed by atoms with E-state index in [1.165, 1.54) is 0 Å². The summed E-state index contributed by atoms with van der Waals surface area (Å²) in [6.45, 7) is 1.02. The minimum atomic E-state index is -3.23. The Labute approximate surface area is 158 Å². The van der Waals surface area contributed by atoms with E-state index in [1.54, 1.807) is 22.9 Å². The SMILES string of the molecule is O=S(=O)(CC1CCC1)N1C[C@H]2CCC[C@@]2(c2nc(-c3cnccn3)no2)C1. The molecule has 2 aromatic rings. The molecule has 8 nitrogen and oxygen atoms in total. The molecule has 0 radical (unpaired) electrons. The maximum absolute atomic E-state index is 12.9. The Morgan fingerprint density at radius 1 is 1.22 bits per heavy atom. The third-order valence-electron chi connectivity index (χ3n) is 6.55.